The minimum atomic E-state index is -0.437. The van der Waals surface area contributed by atoms with Crippen molar-refractivity contribution in [2.24, 2.45) is 0 Å². The lowest BCUT2D eigenvalue weighted by Crippen LogP contribution is -2.15. The molecule has 1 aromatic heterocycles. The van der Waals surface area contributed by atoms with Crippen LogP contribution in [0.1, 0.15) is 19.4 Å². The van der Waals surface area contributed by atoms with Gasteiger partial charge in [-0.3, -0.25) is 0 Å². The van der Waals surface area contributed by atoms with Gasteiger partial charge in [0, 0.05) is 5.25 Å². The highest BCUT2D eigenvalue weighted by Gasteiger charge is 2.14. The lowest BCUT2D eigenvalue weighted by molar-refractivity contribution is 0.196. The van der Waals surface area contributed by atoms with Gasteiger partial charge in [-0.1, -0.05) is 18.7 Å². The van der Waals surface area contributed by atoms with Gasteiger partial charge < -0.3 is 5.11 Å². The SMILES string of the molecule is CC(O)C(C)Sc1nnccc1C#N. The van der Waals surface area contributed by atoms with Gasteiger partial charge >= 0.3 is 0 Å². The highest BCUT2D eigenvalue weighted by molar-refractivity contribution is 7.99. The number of hydrogen-bond donors (Lipinski definition) is 1. The molecule has 1 aromatic rings. The zero-order valence-corrected chi connectivity index (χ0v) is 8.82. The summed E-state index contributed by atoms with van der Waals surface area (Å²) in [5.41, 5.74) is 0.498. The third kappa shape index (κ3) is 2.69. The molecule has 0 spiro atoms. The third-order valence-corrected chi connectivity index (χ3v) is 3.07. The molecule has 74 valence electrons. The number of aliphatic hydroxyl groups is 1. The zero-order valence-electron chi connectivity index (χ0n) is 8.01. The molecule has 0 aliphatic rings. The van der Waals surface area contributed by atoms with Gasteiger partial charge in [-0.2, -0.15) is 10.4 Å². The van der Waals surface area contributed by atoms with E-state index >= 15 is 0 Å². The standard InChI is InChI=1S/C9H11N3OS/c1-6(13)7(2)14-9-8(5-10)3-4-11-12-9/h3-4,6-7,13H,1-2H3. The van der Waals surface area contributed by atoms with Gasteiger partial charge in [0.05, 0.1) is 17.9 Å². The van der Waals surface area contributed by atoms with Crippen molar-refractivity contribution in [1.29, 1.82) is 5.26 Å². The maximum atomic E-state index is 9.29. The molecule has 0 amide bonds. The Bertz CT molecular complexity index is 348. The molecule has 0 aromatic carbocycles. The Morgan fingerprint density at radius 3 is 2.86 bits per heavy atom. The van der Waals surface area contributed by atoms with E-state index in [0.29, 0.717) is 10.6 Å². The van der Waals surface area contributed by atoms with Crippen LogP contribution in [0.5, 0.6) is 0 Å². The zero-order chi connectivity index (χ0) is 10.6. The van der Waals surface area contributed by atoms with Crippen LogP contribution in [-0.4, -0.2) is 26.7 Å². The van der Waals surface area contributed by atoms with Crippen molar-refractivity contribution in [3.05, 3.63) is 17.8 Å². The molecule has 0 bridgehead atoms. The number of hydrogen-bond acceptors (Lipinski definition) is 5. The Balaban J connectivity index is 2.82. The van der Waals surface area contributed by atoms with E-state index in [9.17, 15) is 5.11 Å². The van der Waals surface area contributed by atoms with E-state index in [1.54, 1.807) is 13.0 Å². The van der Waals surface area contributed by atoms with E-state index in [1.165, 1.54) is 18.0 Å². The fraction of sp³-hybridized carbons (Fsp3) is 0.444. The topological polar surface area (TPSA) is 69.8 Å². The molecule has 14 heavy (non-hydrogen) atoms. The van der Waals surface area contributed by atoms with Crippen molar-refractivity contribution in [1.82, 2.24) is 10.2 Å². The second-order valence-corrected chi connectivity index (χ2v) is 4.29. The van der Waals surface area contributed by atoms with Crippen molar-refractivity contribution in [3.63, 3.8) is 0 Å². The maximum Gasteiger partial charge on any atom is 0.137 e. The van der Waals surface area contributed by atoms with Gasteiger partial charge in [-0.25, -0.2) is 0 Å². The van der Waals surface area contributed by atoms with Crippen molar-refractivity contribution < 1.29 is 5.11 Å². The van der Waals surface area contributed by atoms with Crippen LogP contribution in [0.25, 0.3) is 0 Å². The minimum absolute atomic E-state index is 0.00111. The highest BCUT2D eigenvalue weighted by atomic mass is 32.2. The van der Waals surface area contributed by atoms with E-state index < -0.39 is 6.10 Å². The normalized spacial score (nSPS) is 14.4. The molecule has 5 heteroatoms. The molecule has 1 heterocycles. The summed E-state index contributed by atoms with van der Waals surface area (Å²) in [6, 6.07) is 3.65. The van der Waals surface area contributed by atoms with E-state index in [-0.39, 0.29) is 5.25 Å². The van der Waals surface area contributed by atoms with Crippen molar-refractivity contribution >= 4 is 11.8 Å². The number of aliphatic hydroxyl groups excluding tert-OH is 1. The Labute approximate surface area is 87.0 Å². The van der Waals surface area contributed by atoms with Crippen LogP contribution >= 0.6 is 11.8 Å². The van der Waals surface area contributed by atoms with Gasteiger partial charge in [0.2, 0.25) is 0 Å². The summed E-state index contributed by atoms with van der Waals surface area (Å²) in [5.74, 6) is 0. The first-order valence-electron chi connectivity index (χ1n) is 4.21. The smallest absolute Gasteiger partial charge is 0.137 e. The van der Waals surface area contributed by atoms with Crippen molar-refractivity contribution in [2.45, 2.75) is 30.2 Å². The number of rotatable bonds is 3. The van der Waals surface area contributed by atoms with Gasteiger partial charge in [0.15, 0.2) is 0 Å². The molecule has 0 saturated carbocycles. The average molecular weight is 209 g/mol. The predicted octanol–water partition coefficient (Wildman–Crippen LogP) is 1.21. The summed E-state index contributed by atoms with van der Waals surface area (Å²) in [4.78, 5) is 0. The summed E-state index contributed by atoms with van der Waals surface area (Å²) in [6.45, 7) is 3.59. The lowest BCUT2D eigenvalue weighted by Gasteiger charge is -2.12. The number of thioether (sulfide) groups is 1. The third-order valence-electron chi connectivity index (χ3n) is 1.78. The Morgan fingerprint density at radius 1 is 1.57 bits per heavy atom. The van der Waals surface area contributed by atoms with Crippen LogP contribution in [-0.2, 0) is 0 Å². The van der Waals surface area contributed by atoms with Gasteiger partial charge in [0.1, 0.15) is 11.1 Å². The van der Waals surface area contributed by atoms with E-state index in [1.807, 2.05) is 13.0 Å². The molecular weight excluding hydrogens is 198 g/mol. The van der Waals surface area contributed by atoms with Crippen LogP contribution in [0.2, 0.25) is 0 Å². The van der Waals surface area contributed by atoms with Crippen LogP contribution in [0, 0.1) is 11.3 Å². The largest absolute Gasteiger partial charge is 0.392 e. The van der Waals surface area contributed by atoms with Crippen LogP contribution in [0.4, 0.5) is 0 Å². The first-order valence-corrected chi connectivity index (χ1v) is 5.09. The number of aromatic nitrogens is 2. The summed E-state index contributed by atoms with van der Waals surface area (Å²) >= 11 is 1.36. The van der Waals surface area contributed by atoms with E-state index in [0.717, 1.165) is 0 Å². The van der Waals surface area contributed by atoms with Gasteiger partial charge in [-0.15, -0.1) is 5.10 Å². The molecule has 0 aliphatic heterocycles. The molecule has 4 nitrogen and oxygen atoms in total. The quantitative estimate of drug-likeness (QED) is 0.758. The predicted molar refractivity (Wildman–Crippen MR) is 53.7 cm³/mol. The summed E-state index contributed by atoms with van der Waals surface area (Å²) < 4.78 is 0. The molecule has 1 rings (SSSR count). The Hall–Kier alpha value is -1.12. The molecule has 2 atom stereocenters. The van der Waals surface area contributed by atoms with Crippen molar-refractivity contribution in [3.8, 4) is 6.07 Å². The molecule has 1 N–H and O–H groups in total. The molecule has 2 unspecified atom stereocenters. The second-order valence-electron chi connectivity index (χ2n) is 2.93. The molecule has 0 saturated heterocycles. The average Bonchev–Trinajstić information content (AvgIpc) is 2.18. The summed E-state index contributed by atoms with van der Waals surface area (Å²) in [7, 11) is 0. The number of nitrogens with zero attached hydrogens (tertiary/aromatic N) is 3. The molecule has 0 aliphatic carbocycles. The van der Waals surface area contributed by atoms with Crippen LogP contribution in [0.15, 0.2) is 17.3 Å². The fourth-order valence-electron chi connectivity index (χ4n) is 0.765. The molecular formula is C9H11N3OS. The molecule has 0 radical (unpaired) electrons. The summed E-state index contributed by atoms with van der Waals surface area (Å²) in [6.07, 6.45) is 1.05. The lowest BCUT2D eigenvalue weighted by atomic mass is 10.3. The van der Waals surface area contributed by atoms with Crippen molar-refractivity contribution in [2.75, 3.05) is 0 Å². The van der Waals surface area contributed by atoms with Crippen LogP contribution in [0.3, 0.4) is 0 Å². The minimum Gasteiger partial charge on any atom is -0.392 e. The maximum absolute atomic E-state index is 9.29. The van der Waals surface area contributed by atoms with E-state index in [4.69, 9.17) is 5.26 Å². The van der Waals surface area contributed by atoms with E-state index in [2.05, 4.69) is 10.2 Å². The Morgan fingerprint density at radius 2 is 2.29 bits per heavy atom. The monoisotopic (exact) mass is 209 g/mol. The van der Waals surface area contributed by atoms with Gasteiger partial charge in [-0.05, 0) is 13.0 Å². The summed E-state index contributed by atoms with van der Waals surface area (Å²) in [5, 5.41) is 26.2. The fourth-order valence-corrected chi connectivity index (χ4v) is 1.65. The molecule has 0 fully saturated rings. The van der Waals surface area contributed by atoms with Gasteiger partial charge in [0.25, 0.3) is 0 Å². The first-order chi connectivity index (χ1) is 6.65. The Kier molecular flexibility index (Phi) is 3.86. The second kappa shape index (κ2) is 4.94. The first kappa shape index (κ1) is 11.0. The highest BCUT2D eigenvalue weighted by Crippen LogP contribution is 2.25. The van der Waals surface area contributed by atoms with Crippen LogP contribution < -0.4 is 0 Å². The number of nitriles is 1.